The van der Waals surface area contributed by atoms with E-state index in [1.165, 1.54) is 16.0 Å². The largest absolute Gasteiger partial charge is 0.464 e. The third-order valence-electron chi connectivity index (χ3n) is 6.51. The second-order valence-corrected chi connectivity index (χ2v) is 10.7. The molecule has 11 heteroatoms. The molecule has 0 radical (unpaired) electrons. The van der Waals surface area contributed by atoms with Gasteiger partial charge in [-0.25, -0.2) is 13.8 Å². The number of carbonyl (C=O) groups excluding carboxylic acids is 1. The number of hydrogen-bond donors (Lipinski definition) is 1. The van der Waals surface area contributed by atoms with Crippen molar-refractivity contribution >= 4 is 17.2 Å². The monoisotopic (exact) mass is 499 g/mol. The number of amides is 1. The van der Waals surface area contributed by atoms with Crippen LogP contribution in [-0.2, 0) is 31.2 Å². The number of carbonyl (C=O) groups is 1. The molecule has 1 fully saturated rings. The van der Waals surface area contributed by atoms with E-state index in [9.17, 15) is 18.0 Å². The summed E-state index contributed by atoms with van der Waals surface area (Å²) in [5.74, 6) is -2.99. The molecule has 2 aliphatic rings. The van der Waals surface area contributed by atoms with Gasteiger partial charge in [-0.3, -0.25) is 14.4 Å². The molecule has 0 bridgehead atoms. The van der Waals surface area contributed by atoms with Crippen molar-refractivity contribution in [2.75, 3.05) is 19.7 Å². The summed E-state index contributed by atoms with van der Waals surface area (Å²) in [6.07, 6.45) is 7.51. The molecule has 1 aliphatic carbocycles. The van der Waals surface area contributed by atoms with Crippen molar-refractivity contribution in [3.8, 4) is 5.19 Å². The average molecular weight is 500 g/mol. The lowest BCUT2D eigenvalue weighted by molar-refractivity contribution is -0.121. The minimum absolute atomic E-state index is 0.0147. The predicted molar refractivity (Wildman–Crippen MR) is 123 cm³/mol. The average Bonchev–Trinajstić information content (AvgIpc) is 3.32. The fourth-order valence-electron chi connectivity index (χ4n) is 4.71. The minimum atomic E-state index is -2.86. The molecular weight excluding hydrogens is 467 g/mol. The van der Waals surface area contributed by atoms with E-state index in [0.717, 1.165) is 75.7 Å². The third kappa shape index (κ3) is 6.94. The highest BCUT2D eigenvalue weighted by molar-refractivity contribution is 7.13. The summed E-state index contributed by atoms with van der Waals surface area (Å²) in [6.45, 7) is 2.84. The molecule has 3 heterocycles. The Kier molecular flexibility index (Phi) is 7.81. The second-order valence-electron chi connectivity index (χ2n) is 9.60. The molecule has 188 valence electrons. The van der Waals surface area contributed by atoms with Crippen LogP contribution in [0.2, 0.25) is 0 Å². The number of nitrogens with one attached hydrogen (secondary N) is 1. The van der Waals surface area contributed by atoms with Gasteiger partial charge in [0, 0.05) is 49.7 Å². The Labute approximate surface area is 201 Å². The van der Waals surface area contributed by atoms with Crippen LogP contribution in [0.5, 0.6) is 5.19 Å². The zero-order valence-corrected chi connectivity index (χ0v) is 20.5. The fraction of sp³-hybridized carbons (Fsp3) is 0.696. The Morgan fingerprint density at radius 1 is 1.32 bits per heavy atom. The number of alkyl halides is 2. The van der Waals surface area contributed by atoms with Crippen molar-refractivity contribution in [1.29, 1.82) is 0 Å². The summed E-state index contributed by atoms with van der Waals surface area (Å²) in [6, 6.07) is 0.143. The Bertz CT molecular complexity index is 982. The van der Waals surface area contributed by atoms with E-state index in [1.54, 1.807) is 13.2 Å². The summed E-state index contributed by atoms with van der Waals surface area (Å²) in [5.41, 5.74) is 1.27. The standard InChI is InChI=1S/C23H32F3N5O2S/c1-23(25,26)14-33-22-28-18-13-31(10-8-19(18)34-22)9-7-15-3-5-17(6-4-15)27-20(32)11-16-12-30(2)29-21(16)24/h12,15,17H,3-11,13-14H2,1-2H3,(H,27,32)/t15-,17-. The molecule has 0 saturated heterocycles. The molecule has 2 aromatic heterocycles. The van der Waals surface area contributed by atoms with E-state index in [1.807, 2.05) is 0 Å². The molecule has 1 aliphatic heterocycles. The maximum Gasteiger partial charge on any atom is 0.278 e. The van der Waals surface area contributed by atoms with Gasteiger partial charge < -0.3 is 10.1 Å². The fourth-order valence-corrected chi connectivity index (χ4v) is 5.62. The predicted octanol–water partition coefficient (Wildman–Crippen LogP) is 3.72. The van der Waals surface area contributed by atoms with Crippen molar-refractivity contribution in [2.45, 2.75) is 70.4 Å². The van der Waals surface area contributed by atoms with E-state index in [4.69, 9.17) is 4.74 Å². The highest BCUT2D eigenvalue weighted by Gasteiger charge is 2.27. The van der Waals surface area contributed by atoms with Crippen LogP contribution in [0, 0.1) is 11.9 Å². The highest BCUT2D eigenvalue weighted by Crippen LogP contribution is 2.32. The molecule has 0 atom stereocenters. The van der Waals surface area contributed by atoms with Crippen LogP contribution in [0.1, 0.15) is 55.2 Å². The quantitative estimate of drug-likeness (QED) is 0.570. The number of ether oxygens (including phenoxy) is 1. The van der Waals surface area contributed by atoms with E-state index in [-0.39, 0.29) is 18.4 Å². The number of thiazole rings is 1. The molecule has 1 amide bonds. The smallest absolute Gasteiger partial charge is 0.278 e. The lowest BCUT2D eigenvalue weighted by Gasteiger charge is -2.32. The first-order valence-corrected chi connectivity index (χ1v) is 12.6. The summed E-state index contributed by atoms with van der Waals surface area (Å²) < 4.78 is 46.3. The van der Waals surface area contributed by atoms with Gasteiger partial charge in [0.05, 0.1) is 12.1 Å². The van der Waals surface area contributed by atoms with Crippen LogP contribution in [0.15, 0.2) is 6.20 Å². The van der Waals surface area contributed by atoms with Gasteiger partial charge in [0.1, 0.15) is 0 Å². The van der Waals surface area contributed by atoms with Crippen LogP contribution in [-0.4, -0.2) is 57.2 Å². The first-order valence-electron chi connectivity index (χ1n) is 11.8. The molecule has 0 aromatic carbocycles. The number of aryl methyl sites for hydroxylation is 1. The van der Waals surface area contributed by atoms with Crippen molar-refractivity contribution in [2.24, 2.45) is 13.0 Å². The molecule has 0 spiro atoms. The van der Waals surface area contributed by atoms with Gasteiger partial charge in [0.25, 0.3) is 11.1 Å². The molecule has 0 unspecified atom stereocenters. The topological polar surface area (TPSA) is 72.3 Å². The minimum Gasteiger partial charge on any atom is -0.464 e. The van der Waals surface area contributed by atoms with Crippen molar-refractivity contribution in [3.63, 3.8) is 0 Å². The Hall–Kier alpha value is -2.14. The molecule has 7 nitrogen and oxygen atoms in total. The van der Waals surface area contributed by atoms with Crippen molar-refractivity contribution < 1.29 is 22.7 Å². The van der Waals surface area contributed by atoms with Gasteiger partial charge in [-0.15, -0.1) is 5.10 Å². The van der Waals surface area contributed by atoms with Gasteiger partial charge >= 0.3 is 0 Å². The molecule has 34 heavy (non-hydrogen) atoms. The molecule has 1 saturated carbocycles. The zero-order valence-electron chi connectivity index (χ0n) is 19.7. The summed E-state index contributed by atoms with van der Waals surface area (Å²) in [4.78, 5) is 20.2. The lowest BCUT2D eigenvalue weighted by Crippen LogP contribution is -2.39. The van der Waals surface area contributed by atoms with Gasteiger partial charge in [-0.2, -0.15) is 4.39 Å². The number of nitrogens with zero attached hydrogens (tertiary/aromatic N) is 4. The van der Waals surface area contributed by atoms with Crippen LogP contribution < -0.4 is 10.1 Å². The van der Waals surface area contributed by atoms with Gasteiger partial charge in [-0.05, 0) is 51.0 Å². The van der Waals surface area contributed by atoms with Crippen LogP contribution in [0.4, 0.5) is 13.2 Å². The van der Waals surface area contributed by atoms with Crippen LogP contribution >= 0.6 is 11.3 Å². The number of fused-ring (bicyclic) bond motifs is 1. The first kappa shape index (κ1) is 25.0. The van der Waals surface area contributed by atoms with E-state index in [2.05, 4.69) is 20.3 Å². The van der Waals surface area contributed by atoms with E-state index >= 15 is 0 Å². The highest BCUT2D eigenvalue weighted by atomic mass is 32.1. The van der Waals surface area contributed by atoms with Crippen LogP contribution in [0.25, 0.3) is 0 Å². The number of aromatic nitrogens is 3. The second kappa shape index (κ2) is 10.6. The maximum atomic E-state index is 13.6. The van der Waals surface area contributed by atoms with E-state index < -0.39 is 18.5 Å². The summed E-state index contributed by atoms with van der Waals surface area (Å²) in [7, 11) is 1.63. The molecule has 1 N–H and O–H groups in total. The lowest BCUT2D eigenvalue weighted by atomic mass is 9.84. The van der Waals surface area contributed by atoms with Crippen molar-refractivity contribution in [1.82, 2.24) is 25.0 Å². The normalized spacial score (nSPS) is 21.3. The number of hydrogen-bond acceptors (Lipinski definition) is 6. The zero-order chi connectivity index (χ0) is 24.3. The number of rotatable bonds is 9. The molecule has 4 rings (SSSR count). The summed E-state index contributed by atoms with van der Waals surface area (Å²) >= 11 is 1.38. The van der Waals surface area contributed by atoms with E-state index in [0.29, 0.717) is 16.7 Å². The molecular formula is C23H32F3N5O2S. The maximum absolute atomic E-state index is 13.6. The Balaban J connectivity index is 1.15. The van der Waals surface area contributed by atoms with Gasteiger partial charge in [0.2, 0.25) is 11.9 Å². The summed E-state index contributed by atoms with van der Waals surface area (Å²) in [5, 5.41) is 7.02. The SMILES string of the molecule is Cn1cc(CC(=O)N[C@H]2CC[C@H](CCN3CCc4sc(OCC(C)(F)F)nc4C3)CC2)c(F)n1. The van der Waals surface area contributed by atoms with Crippen LogP contribution in [0.3, 0.4) is 0 Å². The number of halogens is 3. The van der Waals surface area contributed by atoms with Crippen molar-refractivity contribution in [3.05, 3.63) is 28.3 Å². The third-order valence-corrected chi connectivity index (χ3v) is 7.58. The molecule has 2 aromatic rings. The van der Waals surface area contributed by atoms with Gasteiger partial charge in [0.15, 0.2) is 6.61 Å². The Morgan fingerprint density at radius 2 is 2.09 bits per heavy atom. The Morgan fingerprint density at radius 3 is 2.76 bits per heavy atom. The first-order chi connectivity index (χ1) is 16.1. The van der Waals surface area contributed by atoms with Gasteiger partial charge in [-0.1, -0.05) is 11.3 Å².